The number of aliphatic hydroxyl groups excluding tert-OH is 1. The van der Waals surface area contributed by atoms with Crippen molar-refractivity contribution >= 4 is 17.1 Å². The zero-order valence-corrected chi connectivity index (χ0v) is 12.7. The molecule has 2 rings (SSSR count). The minimum Gasteiger partial charge on any atom is -0.392 e. The molecule has 116 valence electrons. The van der Waals surface area contributed by atoms with E-state index in [1.54, 1.807) is 18.5 Å². The maximum atomic E-state index is 12.1. The highest BCUT2D eigenvalue weighted by atomic mass is 16.3. The van der Waals surface area contributed by atoms with E-state index in [0.717, 1.165) is 0 Å². The second kappa shape index (κ2) is 5.72. The summed E-state index contributed by atoms with van der Waals surface area (Å²) in [6.07, 6.45) is -0.640. The van der Waals surface area contributed by atoms with Crippen LogP contribution in [0, 0.1) is 5.92 Å². The third-order valence-corrected chi connectivity index (χ3v) is 3.12. The molecular formula is C13H21N5O3. The van der Waals surface area contributed by atoms with Crippen LogP contribution < -0.4 is 16.6 Å². The number of fused-ring (bicyclic) bond motifs is 1. The van der Waals surface area contributed by atoms with E-state index in [0.29, 0.717) is 24.1 Å². The van der Waals surface area contributed by atoms with Crippen LogP contribution in [0.2, 0.25) is 0 Å². The van der Waals surface area contributed by atoms with Crippen molar-refractivity contribution in [2.75, 3.05) is 11.9 Å². The van der Waals surface area contributed by atoms with Crippen molar-refractivity contribution in [2.45, 2.75) is 33.4 Å². The summed E-state index contributed by atoms with van der Waals surface area (Å²) in [6, 6.07) is 0. The van der Waals surface area contributed by atoms with E-state index >= 15 is 0 Å². The molecule has 2 aromatic heterocycles. The molecule has 0 radical (unpaired) electrons. The third kappa shape index (κ3) is 2.99. The van der Waals surface area contributed by atoms with Gasteiger partial charge in [-0.3, -0.25) is 14.3 Å². The molecule has 0 fully saturated rings. The Morgan fingerprint density at radius 3 is 2.57 bits per heavy atom. The predicted octanol–water partition coefficient (Wildman–Crippen LogP) is -0.128. The van der Waals surface area contributed by atoms with Gasteiger partial charge >= 0.3 is 5.69 Å². The van der Waals surface area contributed by atoms with Gasteiger partial charge in [-0.05, 0) is 12.8 Å². The highest BCUT2D eigenvalue weighted by Gasteiger charge is 2.18. The van der Waals surface area contributed by atoms with Gasteiger partial charge < -0.3 is 15.0 Å². The zero-order valence-electron chi connectivity index (χ0n) is 12.7. The molecule has 8 heteroatoms. The summed E-state index contributed by atoms with van der Waals surface area (Å²) in [7, 11) is 1.55. The number of hydrogen-bond donors (Lipinski definition) is 3. The average Bonchev–Trinajstić information content (AvgIpc) is 2.72. The van der Waals surface area contributed by atoms with Crippen molar-refractivity contribution in [3.8, 4) is 0 Å². The van der Waals surface area contributed by atoms with Crippen molar-refractivity contribution in [2.24, 2.45) is 13.0 Å². The summed E-state index contributed by atoms with van der Waals surface area (Å²) in [5.74, 6) is 0.873. The highest BCUT2D eigenvalue weighted by Crippen LogP contribution is 2.16. The summed E-state index contributed by atoms with van der Waals surface area (Å²) in [5.41, 5.74) is -0.427. The number of nitrogens with zero attached hydrogens (tertiary/aromatic N) is 3. The molecule has 0 aromatic carbocycles. The Hall–Kier alpha value is -2.09. The molecule has 0 aliphatic carbocycles. The average molecular weight is 295 g/mol. The molecule has 0 aliphatic heterocycles. The first kappa shape index (κ1) is 15.3. The van der Waals surface area contributed by atoms with Crippen LogP contribution in [0.1, 0.15) is 20.8 Å². The Kier molecular flexibility index (Phi) is 4.17. The Balaban J connectivity index is 2.67. The van der Waals surface area contributed by atoms with Gasteiger partial charge in [0.15, 0.2) is 11.2 Å². The first-order chi connectivity index (χ1) is 9.81. The lowest BCUT2D eigenvalue weighted by Gasteiger charge is -2.13. The lowest BCUT2D eigenvalue weighted by atomic mass is 10.2. The van der Waals surface area contributed by atoms with Gasteiger partial charge in [-0.2, -0.15) is 4.98 Å². The van der Waals surface area contributed by atoms with Gasteiger partial charge in [-0.25, -0.2) is 4.79 Å². The van der Waals surface area contributed by atoms with E-state index in [2.05, 4.69) is 29.1 Å². The van der Waals surface area contributed by atoms with Gasteiger partial charge in [0.05, 0.1) is 12.6 Å². The van der Waals surface area contributed by atoms with Gasteiger partial charge in [0, 0.05) is 13.6 Å². The van der Waals surface area contributed by atoms with Crippen LogP contribution >= 0.6 is 0 Å². The normalized spacial score (nSPS) is 13.0. The Labute approximate surface area is 121 Å². The van der Waals surface area contributed by atoms with Crippen molar-refractivity contribution < 1.29 is 5.11 Å². The molecule has 0 amide bonds. The Morgan fingerprint density at radius 1 is 1.33 bits per heavy atom. The number of aryl methyl sites for hydroxylation is 1. The molecule has 0 bridgehead atoms. The molecular weight excluding hydrogens is 274 g/mol. The van der Waals surface area contributed by atoms with E-state index in [9.17, 15) is 14.7 Å². The number of hydrogen-bond acceptors (Lipinski definition) is 5. The fourth-order valence-electron chi connectivity index (χ4n) is 2.11. The number of aromatic nitrogens is 4. The molecule has 0 aliphatic rings. The van der Waals surface area contributed by atoms with Crippen molar-refractivity contribution in [1.82, 2.24) is 19.1 Å². The number of rotatable bonds is 5. The van der Waals surface area contributed by atoms with Gasteiger partial charge in [0.25, 0.3) is 5.56 Å². The van der Waals surface area contributed by atoms with Gasteiger partial charge in [-0.15, -0.1) is 0 Å². The van der Waals surface area contributed by atoms with Gasteiger partial charge in [0.1, 0.15) is 0 Å². The fourth-order valence-corrected chi connectivity index (χ4v) is 2.11. The minimum atomic E-state index is -0.640. The number of anilines is 1. The minimum absolute atomic E-state index is 0.220. The molecule has 8 nitrogen and oxygen atoms in total. The summed E-state index contributed by atoms with van der Waals surface area (Å²) in [6.45, 7) is 6.63. The van der Waals surface area contributed by atoms with Crippen LogP contribution in [-0.4, -0.2) is 36.9 Å². The van der Waals surface area contributed by atoms with Crippen LogP contribution in [-0.2, 0) is 13.6 Å². The summed E-state index contributed by atoms with van der Waals surface area (Å²) in [5, 5.41) is 12.8. The summed E-state index contributed by atoms with van der Waals surface area (Å²) >= 11 is 0. The number of aliphatic hydroxyl groups is 1. The topological polar surface area (TPSA) is 105 Å². The monoisotopic (exact) mass is 295 g/mol. The molecule has 0 saturated carbocycles. The number of H-pyrrole nitrogens is 1. The quantitative estimate of drug-likeness (QED) is 0.713. The molecule has 1 atom stereocenters. The van der Waals surface area contributed by atoms with Crippen LogP contribution in [0.3, 0.4) is 0 Å². The number of aromatic amines is 1. The van der Waals surface area contributed by atoms with Crippen molar-refractivity contribution in [3.63, 3.8) is 0 Å². The Morgan fingerprint density at radius 2 is 2.00 bits per heavy atom. The number of imidazole rings is 1. The van der Waals surface area contributed by atoms with E-state index in [-0.39, 0.29) is 12.1 Å². The maximum Gasteiger partial charge on any atom is 0.329 e. The fraction of sp³-hybridized carbons (Fsp3) is 0.615. The second-order valence-corrected chi connectivity index (χ2v) is 5.66. The van der Waals surface area contributed by atoms with E-state index < -0.39 is 17.4 Å². The molecule has 0 spiro atoms. The standard InChI is InChI=1S/C13H21N5O3/c1-7(2)5-14-12-15-10-9(18(12)6-8(3)19)11(20)16-13(21)17(10)4/h7-8,19H,5-6H2,1-4H3,(H,14,15)(H,16,20,21). The maximum absolute atomic E-state index is 12.1. The summed E-state index contributed by atoms with van der Waals surface area (Å²) < 4.78 is 2.90. The van der Waals surface area contributed by atoms with Crippen LogP contribution in [0.4, 0.5) is 5.95 Å². The van der Waals surface area contributed by atoms with Gasteiger partial charge in [-0.1, -0.05) is 13.8 Å². The smallest absolute Gasteiger partial charge is 0.329 e. The Bertz CT molecular complexity index is 753. The molecule has 21 heavy (non-hydrogen) atoms. The van der Waals surface area contributed by atoms with Crippen LogP contribution in [0.15, 0.2) is 9.59 Å². The van der Waals surface area contributed by atoms with Gasteiger partial charge in [0.2, 0.25) is 5.95 Å². The van der Waals surface area contributed by atoms with Crippen molar-refractivity contribution in [3.05, 3.63) is 20.8 Å². The molecule has 0 saturated heterocycles. The highest BCUT2D eigenvalue weighted by molar-refractivity contribution is 5.74. The molecule has 2 heterocycles. The second-order valence-electron chi connectivity index (χ2n) is 5.66. The van der Waals surface area contributed by atoms with Crippen LogP contribution in [0.25, 0.3) is 11.2 Å². The molecule has 2 aromatic rings. The van der Waals surface area contributed by atoms with E-state index in [1.807, 2.05) is 0 Å². The van der Waals surface area contributed by atoms with Crippen LogP contribution in [0.5, 0.6) is 0 Å². The predicted molar refractivity (Wildman–Crippen MR) is 80.6 cm³/mol. The lowest BCUT2D eigenvalue weighted by Crippen LogP contribution is -2.29. The van der Waals surface area contributed by atoms with E-state index in [1.165, 1.54) is 4.57 Å². The molecule has 3 N–H and O–H groups in total. The third-order valence-electron chi connectivity index (χ3n) is 3.12. The first-order valence-electron chi connectivity index (χ1n) is 6.92. The number of nitrogens with one attached hydrogen (secondary N) is 2. The first-order valence-corrected chi connectivity index (χ1v) is 6.92. The lowest BCUT2D eigenvalue weighted by molar-refractivity contribution is 0.175. The molecule has 1 unspecified atom stereocenters. The summed E-state index contributed by atoms with van der Waals surface area (Å²) in [4.78, 5) is 30.3. The van der Waals surface area contributed by atoms with Crippen molar-refractivity contribution in [1.29, 1.82) is 0 Å². The van der Waals surface area contributed by atoms with E-state index in [4.69, 9.17) is 0 Å². The largest absolute Gasteiger partial charge is 0.392 e. The zero-order chi connectivity index (χ0) is 15.7. The SMILES string of the molecule is CC(C)CNc1nc2c(c(=O)[nH]c(=O)n2C)n1CC(C)O.